The van der Waals surface area contributed by atoms with E-state index < -0.39 is 0 Å². The summed E-state index contributed by atoms with van der Waals surface area (Å²) >= 11 is 0. The molecule has 2 aliphatic rings. The van der Waals surface area contributed by atoms with E-state index in [4.69, 9.17) is 9.72 Å². The van der Waals surface area contributed by atoms with Crippen molar-refractivity contribution >= 4 is 34.2 Å². The van der Waals surface area contributed by atoms with Crippen molar-refractivity contribution in [3.63, 3.8) is 0 Å². The standard InChI is InChI=1S/C35H51N7O3/c1-3-31-29(33(39-28-17-22-45-23-18-28)30-25-37-42(4-2)34(30)40-31)24-36-35(44)26-13-15-27(16-14-26)38-32(43)12-8-6-5-7-9-19-41-20-10-11-21-41/h13-16,25,28H,3-12,17-24H2,1-2H3,(H,36,44)(H,38,43)(H,39,40). The van der Waals surface area contributed by atoms with Crippen LogP contribution in [0, 0.1) is 0 Å². The quantitative estimate of drug-likeness (QED) is 0.171. The van der Waals surface area contributed by atoms with Crippen molar-refractivity contribution < 1.29 is 14.3 Å². The van der Waals surface area contributed by atoms with Gasteiger partial charge in [0.05, 0.1) is 17.3 Å². The van der Waals surface area contributed by atoms with Crippen LogP contribution in [0.4, 0.5) is 11.4 Å². The Kier molecular flexibility index (Phi) is 12.2. The minimum atomic E-state index is -0.166. The van der Waals surface area contributed by atoms with E-state index in [0.29, 0.717) is 30.3 Å². The highest BCUT2D eigenvalue weighted by molar-refractivity contribution is 5.96. The largest absolute Gasteiger partial charge is 0.381 e. The van der Waals surface area contributed by atoms with Gasteiger partial charge in [0, 0.05) is 61.3 Å². The summed E-state index contributed by atoms with van der Waals surface area (Å²) in [6.07, 6.45) is 13.4. The Morgan fingerprint density at radius 2 is 1.71 bits per heavy atom. The molecule has 2 saturated heterocycles. The lowest BCUT2D eigenvalue weighted by Gasteiger charge is -2.26. The molecule has 0 aliphatic carbocycles. The maximum atomic E-state index is 13.2. The zero-order valence-corrected chi connectivity index (χ0v) is 27.2. The Labute approximate surface area is 267 Å². The number of ether oxygens (including phenoxy) is 1. The van der Waals surface area contributed by atoms with Gasteiger partial charge in [-0.25, -0.2) is 9.67 Å². The fraction of sp³-hybridized carbons (Fsp3) is 0.600. The smallest absolute Gasteiger partial charge is 0.251 e. The molecule has 10 nitrogen and oxygen atoms in total. The number of nitrogens with one attached hydrogen (secondary N) is 3. The van der Waals surface area contributed by atoms with Gasteiger partial charge in [-0.1, -0.05) is 26.2 Å². The number of nitrogens with zero attached hydrogens (tertiary/aromatic N) is 4. The van der Waals surface area contributed by atoms with E-state index in [1.807, 2.05) is 10.9 Å². The molecule has 5 rings (SSSR count). The van der Waals surface area contributed by atoms with Crippen LogP contribution < -0.4 is 16.0 Å². The minimum absolute atomic E-state index is 0.0233. The Balaban J connectivity index is 1.12. The molecule has 3 aromatic rings. The molecule has 2 aromatic heterocycles. The maximum Gasteiger partial charge on any atom is 0.251 e. The summed E-state index contributed by atoms with van der Waals surface area (Å²) in [6.45, 7) is 10.5. The highest BCUT2D eigenvalue weighted by Crippen LogP contribution is 2.31. The number of aromatic nitrogens is 3. The third-order valence-corrected chi connectivity index (χ3v) is 9.11. The molecule has 0 bridgehead atoms. The van der Waals surface area contributed by atoms with E-state index in [2.05, 4.69) is 39.8 Å². The third-order valence-electron chi connectivity index (χ3n) is 9.11. The zero-order valence-electron chi connectivity index (χ0n) is 27.2. The second kappa shape index (κ2) is 16.7. The van der Waals surface area contributed by atoms with Crippen molar-refractivity contribution in [2.75, 3.05) is 43.5 Å². The first-order chi connectivity index (χ1) is 22.1. The number of carbonyl (C=O) groups is 2. The van der Waals surface area contributed by atoms with Crippen molar-refractivity contribution in [3.8, 4) is 0 Å². The number of anilines is 2. The highest BCUT2D eigenvalue weighted by atomic mass is 16.5. The van der Waals surface area contributed by atoms with Crippen molar-refractivity contribution in [1.29, 1.82) is 0 Å². The van der Waals surface area contributed by atoms with Crippen molar-refractivity contribution in [2.24, 2.45) is 0 Å². The van der Waals surface area contributed by atoms with Crippen LogP contribution in [0.15, 0.2) is 30.5 Å². The second-order valence-corrected chi connectivity index (χ2v) is 12.4. The molecule has 0 spiro atoms. The molecular weight excluding hydrogens is 566 g/mol. The lowest BCUT2D eigenvalue weighted by atomic mass is 10.0. The van der Waals surface area contributed by atoms with E-state index >= 15 is 0 Å². The van der Waals surface area contributed by atoms with Gasteiger partial charge in [-0.15, -0.1) is 0 Å². The molecular formula is C35H51N7O3. The minimum Gasteiger partial charge on any atom is -0.381 e. The average Bonchev–Trinajstić information content (AvgIpc) is 3.74. The first-order valence-electron chi connectivity index (χ1n) is 17.2. The number of likely N-dealkylation sites (tertiary alicyclic amines) is 1. The monoisotopic (exact) mass is 617 g/mol. The fourth-order valence-electron chi connectivity index (χ4n) is 6.46. The van der Waals surface area contributed by atoms with Crippen LogP contribution in [0.25, 0.3) is 11.0 Å². The summed E-state index contributed by atoms with van der Waals surface area (Å²) < 4.78 is 7.50. The molecule has 0 radical (unpaired) electrons. The van der Waals surface area contributed by atoms with E-state index in [1.54, 1.807) is 24.3 Å². The lowest BCUT2D eigenvalue weighted by molar-refractivity contribution is -0.116. The molecule has 4 heterocycles. The Bertz CT molecular complexity index is 1390. The van der Waals surface area contributed by atoms with Gasteiger partial charge in [0.2, 0.25) is 5.91 Å². The van der Waals surface area contributed by atoms with Crippen LogP contribution in [0.2, 0.25) is 0 Å². The van der Waals surface area contributed by atoms with Gasteiger partial charge >= 0.3 is 0 Å². The van der Waals surface area contributed by atoms with Gasteiger partial charge in [-0.2, -0.15) is 5.10 Å². The molecule has 0 atom stereocenters. The lowest BCUT2D eigenvalue weighted by Crippen LogP contribution is -2.30. The molecule has 10 heteroatoms. The zero-order chi connectivity index (χ0) is 31.4. The van der Waals surface area contributed by atoms with E-state index in [0.717, 1.165) is 79.8 Å². The van der Waals surface area contributed by atoms with E-state index in [9.17, 15) is 9.59 Å². The summed E-state index contributed by atoms with van der Waals surface area (Å²) in [4.78, 5) is 33.2. The van der Waals surface area contributed by atoms with E-state index in [1.165, 1.54) is 51.7 Å². The van der Waals surface area contributed by atoms with Crippen LogP contribution in [0.5, 0.6) is 0 Å². The number of rotatable bonds is 16. The van der Waals surface area contributed by atoms with Gasteiger partial charge in [-0.05, 0) is 95.8 Å². The van der Waals surface area contributed by atoms with Crippen molar-refractivity contribution in [3.05, 3.63) is 47.3 Å². The molecule has 0 unspecified atom stereocenters. The Hall–Kier alpha value is -3.50. The van der Waals surface area contributed by atoms with E-state index in [-0.39, 0.29) is 11.8 Å². The number of unbranched alkanes of at least 4 members (excludes halogenated alkanes) is 4. The third kappa shape index (κ3) is 9.04. The van der Waals surface area contributed by atoms with Crippen LogP contribution >= 0.6 is 0 Å². The van der Waals surface area contributed by atoms with Gasteiger partial charge in [-0.3, -0.25) is 9.59 Å². The molecule has 3 N–H and O–H groups in total. The molecule has 2 aliphatic heterocycles. The van der Waals surface area contributed by atoms with Gasteiger partial charge in [0.1, 0.15) is 0 Å². The molecule has 2 fully saturated rings. The SMILES string of the molecule is CCc1nc2c(cnn2CC)c(NC2CCOCC2)c1CNC(=O)c1ccc(NC(=O)CCCCCCCN2CCCC2)cc1. The van der Waals surface area contributed by atoms with Crippen LogP contribution in [0.3, 0.4) is 0 Å². The Morgan fingerprint density at radius 3 is 2.44 bits per heavy atom. The molecule has 0 saturated carbocycles. The number of fused-ring (bicyclic) bond motifs is 1. The summed E-state index contributed by atoms with van der Waals surface area (Å²) in [5.74, 6) is -0.142. The second-order valence-electron chi connectivity index (χ2n) is 12.4. The van der Waals surface area contributed by atoms with Crippen LogP contribution in [0.1, 0.15) is 99.7 Å². The molecule has 45 heavy (non-hydrogen) atoms. The normalized spacial score (nSPS) is 15.9. The van der Waals surface area contributed by atoms with Crippen molar-refractivity contribution in [2.45, 2.75) is 104 Å². The average molecular weight is 618 g/mol. The van der Waals surface area contributed by atoms with Crippen molar-refractivity contribution in [1.82, 2.24) is 25.0 Å². The number of carbonyl (C=O) groups excluding carboxylic acids is 2. The summed E-state index contributed by atoms with van der Waals surface area (Å²) in [5.41, 5.74) is 5.07. The number of pyridine rings is 1. The Morgan fingerprint density at radius 1 is 0.978 bits per heavy atom. The topological polar surface area (TPSA) is 113 Å². The van der Waals surface area contributed by atoms with Gasteiger partial charge < -0.3 is 25.6 Å². The fourth-order valence-corrected chi connectivity index (χ4v) is 6.46. The number of aryl methyl sites for hydroxylation is 2. The summed E-state index contributed by atoms with van der Waals surface area (Å²) in [6, 6.07) is 7.42. The predicted octanol–water partition coefficient (Wildman–Crippen LogP) is 5.91. The highest BCUT2D eigenvalue weighted by Gasteiger charge is 2.22. The molecule has 1 aromatic carbocycles. The molecule has 2 amide bonds. The first-order valence-corrected chi connectivity index (χ1v) is 17.2. The van der Waals surface area contributed by atoms with Gasteiger partial charge in [0.15, 0.2) is 5.65 Å². The van der Waals surface area contributed by atoms with Crippen LogP contribution in [-0.4, -0.2) is 70.4 Å². The maximum absolute atomic E-state index is 13.2. The predicted molar refractivity (Wildman–Crippen MR) is 180 cm³/mol. The number of hydrogen-bond acceptors (Lipinski definition) is 7. The van der Waals surface area contributed by atoms with Gasteiger partial charge in [0.25, 0.3) is 5.91 Å². The summed E-state index contributed by atoms with van der Waals surface area (Å²) in [5, 5.41) is 15.4. The number of hydrogen-bond donors (Lipinski definition) is 3. The summed E-state index contributed by atoms with van der Waals surface area (Å²) in [7, 11) is 0. The number of amides is 2. The van der Waals surface area contributed by atoms with Crippen LogP contribution in [-0.2, 0) is 29.0 Å². The first kappa shape index (κ1) is 32.9. The molecule has 244 valence electrons. The number of benzene rings is 1.